The first kappa shape index (κ1) is 22.7. The summed E-state index contributed by atoms with van der Waals surface area (Å²) in [7, 11) is 0. The molecule has 0 aromatic carbocycles. The molecule has 0 radical (unpaired) electrons. The van der Waals surface area contributed by atoms with Crippen molar-refractivity contribution in [2.75, 3.05) is 37.0 Å². The SMILES string of the molecule is Cc1cc(C(=O)CSc2nnc(N3CCOCC3)n2C2CC2)c(C)n1CCC1=CCCCC1. The summed E-state index contributed by atoms with van der Waals surface area (Å²) in [6.07, 6.45) is 10.9. The molecule has 0 N–H and O–H groups in total. The Bertz CT molecular complexity index is 1030. The van der Waals surface area contributed by atoms with Crippen LogP contribution in [0.15, 0.2) is 22.9 Å². The van der Waals surface area contributed by atoms with Gasteiger partial charge in [-0.1, -0.05) is 23.4 Å². The van der Waals surface area contributed by atoms with Crippen molar-refractivity contribution in [3.8, 4) is 0 Å². The predicted octanol–water partition coefficient (Wildman–Crippen LogP) is 4.73. The Morgan fingerprint density at radius 1 is 1.18 bits per heavy atom. The summed E-state index contributed by atoms with van der Waals surface area (Å²) in [6, 6.07) is 2.53. The minimum atomic E-state index is 0.175. The number of carbonyl (C=O) groups excluding carboxylic acids is 1. The summed E-state index contributed by atoms with van der Waals surface area (Å²) >= 11 is 1.53. The Kier molecular flexibility index (Phi) is 6.92. The number of Topliss-reactive ketones (excluding diaryl/α,β-unsaturated/α-hetero) is 1. The van der Waals surface area contributed by atoms with Crippen molar-refractivity contribution in [3.63, 3.8) is 0 Å². The number of aromatic nitrogens is 4. The highest BCUT2D eigenvalue weighted by Crippen LogP contribution is 2.41. The van der Waals surface area contributed by atoms with Crippen LogP contribution >= 0.6 is 11.8 Å². The fraction of sp³-hybridized carbons (Fsp3) is 0.640. The second-order valence-electron chi connectivity index (χ2n) is 9.49. The van der Waals surface area contributed by atoms with Gasteiger partial charge < -0.3 is 14.2 Å². The summed E-state index contributed by atoms with van der Waals surface area (Å²) in [5.74, 6) is 1.50. The zero-order chi connectivity index (χ0) is 22.8. The van der Waals surface area contributed by atoms with E-state index in [1.54, 1.807) is 5.57 Å². The Morgan fingerprint density at radius 3 is 2.73 bits per heavy atom. The standard InChI is InChI=1S/C25H35N5O2S/c1-18-16-22(19(2)29(18)11-10-20-6-4-3-5-7-20)23(31)17-33-25-27-26-24(30(25)21-8-9-21)28-12-14-32-15-13-28/h6,16,21H,3-5,7-15,17H2,1-2H3. The number of allylic oxidation sites excluding steroid dienone is 2. The van der Waals surface area contributed by atoms with Gasteiger partial charge in [-0.05, 0) is 64.9 Å². The number of morpholine rings is 1. The third-order valence-corrected chi connectivity index (χ3v) is 8.04. The molecule has 3 aliphatic rings. The molecule has 0 bridgehead atoms. The molecule has 8 heteroatoms. The fourth-order valence-corrected chi connectivity index (χ4v) is 5.91. The number of nitrogens with zero attached hydrogens (tertiary/aromatic N) is 5. The van der Waals surface area contributed by atoms with Crippen LogP contribution < -0.4 is 4.90 Å². The van der Waals surface area contributed by atoms with Gasteiger partial charge in [0.15, 0.2) is 10.9 Å². The summed E-state index contributed by atoms with van der Waals surface area (Å²) in [4.78, 5) is 15.4. The summed E-state index contributed by atoms with van der Waals surface area (Å²) in [5, 5.41) is 9.84. The molecule has 0 atom stereocenters. The van der Waals surface area contributed by atoms with E-state index < -0.39 is 0 Å². The molecular weight excluding hydrogens is 434 g/mol. The van der Waals surface area contributed by atoms with Gasteiger partial charge in [0.25, 0.3) is 0 Å². The molecule has 1 saturated heterocycles. The van der Waals surface area contributed by atoms with E-state index in [9.17, 15) is 4.79 Å². The number of ether oxygens (including phenoxy) is 1. The lowest BCUT2D eigenvalue weighted by molar-refractivity contribution is 0.102. The number of hydrogen-bond acceptors (Lipinski definition) is 6. The van der Waals surface area contributed by atoms with Gasteiger partial charge in [0, 0.05) is 42.6 Å². The zero-order valence-corrected chi connectivity index (χ0v) is 20.7. The van der Waals surface area contributed by atoms with Gasteiger partial charge in [-0.3, -0.25) is 9.36 Å². The van der Waals surface area contributed by atoms with E-state index in [2.05, 4.69) is 50.2 Å². The maximum Gasteiger partial charge on any atom is 0.228 e. The highest BCUT2D eigenvalue weighted by atomic mass is 32.2. The lowest BCUT2D eigenvalue weighted by Crippen LogP contribution is -2.38. The monoisotopic (exact) mass is 469 g/mol. The average molecular weight is 470 g/mol. The van der Waals surface area contributed by atoms with Gasteiger partial charge >= 0.3 is 0 Å². The van der Waals surface area contributed by atoms with Crippen LogP contribution in [0.2, 0.25) is 0 Å². The van der Waals surface area contributed by atoms with Gasteiger partial charge in [-0.15, -0.1) is 10.2 Å². The molecule has 0 spiro atoms. The van der Waals surface area contributed by atoms with Gasteiger partial charge in [-0.2, -0.15) is 0 Å². The largest absolute Gasteiger partial charge is 0.378 e. The molecule has 178 valence electrons. The predicted molar refractivity (Wildman–Crippen MR) is 131 cm³/mol. The lowest BCUT2D eigenvalue weighted by atomic mass is 9.97. The van der Waals surface area contributed by atoms with Crippen molar-refractivity contribution >= 4 is 23.5 Å². The molecule has 2 fully saturated rings. The number of rotatable bonds is 9. The van der Waals surface area contributed by atoms with Crippen molar-refractivity contribution in [3.05, 3.63) is 34.7 Å². The number of thioether (sulfide) groups is 1. The Labute approximate surface area is 200 Å². The first-order valence-electron chi connectivity index (χ1n) is 12.4. The van der Waals surface area contributed by atoms with Crippen LogP contribution in [0.25, 0.3) is 0 Å². The van der Waals surface area contributed by atoms with Crippen LogP contribution in [0.1, 0.15) is 72.7 Å². The first-order valence-corrected chi connectivity index (χ1v) is 13.4. The fourth-order valence-electron chi connectivity index (χ4n) is 5.02. The van der Waals surface area contributed by atoms with E-state index in [0.717, 1.165) is 74.5 Å². The van der Waals surface area contributed by atoms with Crippen LogP contribution in [0.3, 0.4) is 0 Å². The van der Waals surface area contributed by atoms with Gasteiger partial charge in [0.1, 0.15) is 0 Å². The van der Waals surface area contributed by atoms with E-state index in [0.29, 0.717) is 11.8 Å². The summed E-state index contributed by atoms with van der Waals surface area (Å²) < 4.78 is 10.1. The molecule has 2 aromatic rings. The summed E-state index contributed by atoms with van der Waals surface area (Å²) in [5.41, 5.74) is 4.69. The topological polar surface area (TPSA) is 65.2 Å². The molecule has 2 aromatic heterocycles. The zero-order valence-electron chi connectivity index (χ0n) is 19.9. The highest BCUT2D eigenvalue weighted by Gasteiger charge is 2.32. The van der Waals surface area contributed by atoms with Gasteiger partial charge in [0.05, 0.1) is 19.0 Å². The Balaban J connectivity index is 1.25. The third kappa shape index (κ3) is 5.06. The first-order chi connectivity index (χ1) is 16.1. The number of carbonyl (C=O) groups is 1. The molecule has 1 aliphatic heterocycles. The van der Waals surface area contributed by atoms with Gasteiger partial charge in [-0.25, -0.2) is 0 Å². The van der Waals surface area contributed by atoms with Crippen LogP contribution in [-0.2, 0) is 11.3 Å². The van der Waals surface area contributed by atoms with Crippen LogP contribution in [-0.4, -0.2) is 57.2 Å². The highest BCUT2D eigenvalue weighted by molar-refractivity contribution is 7.99. The quantitative estimate of drug-likeness (QED) is 0.300. The van der Waals surface area contributed by atoms with Gasteiger partial charge in [0.2, 0.25) is 5.95 Å². The molecule has 33 heavy (non-hydrogen) atoms. The Hall–Kier alpha value is -2.06. The van der Waals surface area contributed by atoms with Crippen molar-refractivity contribution in [2.24, 2.45) is 0 Å². The molecule has 2 aliphatic carbocycles. The molecule has 3 heterocycles. The van der Waals surface area contributed by atoms with Crippen molar-refractivity contribution in [1.29, 1.82) is 0 Å². The Morgan fingerprint density at radius 2 is 2.00 bits per heavy atom. The third-order valence-electron chi connectivity index (χ3n) is 7.10. The minimum Gasteiger partial charge on any atom is -0.378 e. The van der Waals surface area contributed by atoms with Crippen molar-refractivity contribution in [2.45, 2.75) is 76.5 Å². The average Bonchev–Trinajstić information content (AvgIpc) is 3.53. The maximum absolute atomic E-state index is 13.2. The van der Waals surface area contributed by atoms with E-state index >= 15 is 0 Å². The van der Waals surface area contributed by atoms with E-state index in [-0.39, 0.29) is 5.78 Å². The van der Waals surface area contributed by atoms with Crippen LogP contribution in [0, 0.1) is 13.8 Å². The lowest BCUT2D eigenvalue weighted by Gasteiger charge is -2.27. The molecular formula is C25H35N5O2S. The molecule has 0 unspecified atom stereocenters. The molecule has 5 rings (SSSR count). The van der Waals surface area contributed by atoms with E-state index in [4.69, 9.17) is 4.74 Å². The van der Waals surface area contributed by atoms with Crippen molar-refractivity contribution in [1.82, 2.24) is 19.3 Å². The normalized spacial score (nSPS) is 19.1. The molecule has 1 saturated carbocycles. The number of anilines is 1. The molecule has 7 nitrogen and oxygen atoms in total. The van der Waals surface area contributed by atoms with Crippen LogP contribution in [0.4, 0.5) is 5.95 Å². The van der Waals surface area contributed by atoms with Crippen LogP contribution in [0.5, 0.6) is 0 Å². The number of ketones is 1. The smallest absolute Gasteiger partial charge is 0.228 e. The number of aryl methyl sites for hydroxylation is 1. The molecule has 0 amide bonds. The van der Waals surface area contributed by atoms with E-state index in [1.165, 1.54) is 43.1 Å². The second kappa shape index (κ2) is 10.1. The maximum atomic E-state index is 13.2. The number of hydrogen-bond donors (Lipinski definition) is 0. The summed E-state index contributed by atoms with van der Waals surface area (Å²) in [6.45, 7) is 8.31. The van der Waals surface area contributed by atoms with E-state index in [1.807, 2.05) is 0 Å². The van der Waals surface area contributed by atoms with Crippen molar-refractivity contribution < 1.29 is 9.53 Å². The second-order valence-corrected chi connectivity index (χ2v) is 10.4. The minimum absolute atomic E-state index is 0.175.